The molecular formula is C12H21N3O2. The lowest BCUT2D eigenvalue weighted by Gasteiger charge is -2.20. The molecule has 1 N–H and O–H groups in total. The molecule has 2 heterocycles. The third kappa shape index (κ3) is 3.26. The Hall–Kier alpha value is -0.940. The highest BCUT2D eigenvalue weighted by Crippen LogP contribution is 2.19. The summed E-state index contributed by atoms with van der Waals surface area (Å²) in [5.74, 6) is 1.99. The zero-order valence-electron chi connectivity index (χ0n) is 10.6. The highest BCUT2D eigenvalue weighted by Gasteiger charge is 2.25. The van der Waals surface area contributed by atoms with E-state index in [-0.39, 0.29) is 12.6 Å². The summed E-state index contributed by atoms with van der Waals surface area (Å²) in [6.45, 7) is 6.16. The van der Waals surface area contributed by atoms with Gasteiger partial charge in [-0.3, -0.25) is 4.90 Å². The Morgan fingerprint density at radius 1 is 1.53 bits per heavy atom. The fraction of sp³-hybridized carbons (Fsp3) is 0.833. The number of aliphatic hydroxyl groups excluding tert-OH is 1. The molecule has 0 bridgehead atoms. The van der Waals surface area contributed by atoms with Gasteiger partial charge in [0.15, 0.2) is 5.82 Å². The van der Waals surface area contributed by atoms with E-state index in [0.717, 1.165) is 31.6 Å². The SMILES string of the molecule is CC(C)Cc1noc(CN2CCC[C@H]2CO)n1. The average Bonchev–Trinajstić information content (AvgIpc) is 2.87. The summed E-state index contributed by atoms with van der Waals surface area (Å²) in [6.07, 6.45) is 3.05. The Morgan fingerprint density at radius 2 is 2.35 bits per heavy atom. The minimum absolute atomic E-state index is 0.215. The molecule has 1 aromatic rings. The highest BCUT2D eigenvalue weighted by molar-refractivity contribution is 4.89. The Labute approximate surface area is 102 Å². The van der Waals surface area contributed by atoms with Crippen molar-refractivity contribution in [1.82, 2.24) is 15.0 Å². The van der Waals surface area contributed by atoms with Gasteiger partial charge in [-0.1, -0.05) is 19.0 Å². The van der Waals surface area contributed by atoms with Crippen LogP contribution in [0.4, 0.5) is 0 Å². The Balaban J connectivity index is 1.92. The predicted octanol–water partition coefficient (Wildman–Crippen LogP) is 1.22. The van der Waals surface area contributed by atoms with Gasteiger partial charge in [0.05, 0.1) is 13.2 Å². The van der Waals surface area contributed by atoms with Gasteiger partial charge in [0.25, 0.3) is 0 Å². The van der Waals surface area contributed by atoms with Crippen LogP contribution < -0.4 is 0 Å². The first-order valence-electron chi connectivity index (χ1n) is 6.35. The van der Waals surface area contributed by atoms with E-state index in [2.05, 4.69) is 28.9 Å². The second-order valence-corrected chi connectivity index (χ2v) is 5.15. The van der Waals surface area contributed by atoms with Crippen molar-refractivity contribution in [2.45, 2.75) is 45.7 Å². The lowest BCUT2D eigenvalue weighted by atomic mass is 10.1. The molecule has 5 nitrogen and oxygen atoms in total. The van der Waals surface area contributed by atoms with Gasteiger partial charge in [-0.05, 0) is 25.3 Å². The molecule has 0 unspecified atom stereocenters. The lowest BCUT2D eigenvalue weighted by Crippen LogP contribution is -2.31. The number of aromatic nitrogens is 2. The molecule has 1 aromatic heterocycles. The molecule has 17 heavy (non-hydrogen) atoms. The average molecular weight is 239 g/mol. The van der Waals surface area contributed by atoms with Gasteiger partial charge in [-0.15, -0.1) is 0 Å². The largest absolute Gasteiger partial charge is 0.395 e. The Bertz CT molecular complexity index is 351. The van der Waals surface area contributed by atoms with Crippen LogP contribution >= 0.6 is 0 Å². The van der Waals surface area contributed by atoms with Gasteiger partial charge >= 0.3 is 0 Å². The maximum Gasteiger partial charge on any atom is 0.240 e. The topological polar surface area (TPSA) is 62.4 Å². The van der Waals surface area contributed by atoms with E-state index in [4.69, 9.17) is 4.52 Å². The monoisotopic (exact) mass is 239 g/mol. The third-order valence-corrected chi connectivity index (χ3v) is 3.15. The van der Waals surface area contributed by atoms with Gasteiger partial charge in [-0.25, -0.2) is 0 Å². The molecule has 0 aromatic carbocycles. The van der Waals surface area contributed by atoms with Crippen molar-refractivity contribution in [2.75, 3.05) is 13.2 Å². The van der Waals surface area contributed by atoms with Crippen LogP contribution in [0.2, 0.25) is 0 Å². The van der Waals surface area contributed by atoms with Gasteiger partial charge in [0.1, 0.15) is 0 Å². The first kappa shape index (κ1) is 12.5. The van der Waals surface area contributed by atoms with Crippen molar-refractivity contribution in [3.8, 4) is 0 Å². The van der Waals surface area contributed by atoms with Crippen LogP contribution in [-0.4, -0.2) is 39.3 Å². The van der Waals surface area contributed by atoms with E-state index in [9.17, 15) is 5.11 Å². The van der Waals surface area contributed by atoms with Crippen molar-refractivity contribution in [2.24, 2.45) is 5.92 Å². The Morgan fingerprint density at radius 3 is 3.06 bits per heavy atom. The molecule has 1 fully saturated rings. The number of likely N-dealkylation sites (tertiary alicyclic amines) is 1. The molecule has 1 saturated heterocycles. The van der Waals surface area contributed by atoms with Crippen LogP contribution in [0.1, 0.15) is 38.4 Å². The summed E-state index contributed by atoms with van der Waals surface area (Å²) < 4.78 is 5.24. The maximum atomic E-state index is 9.23. The van der Waals surface area contributed by atoms with E-state index in [1.807, 2.05) is 0 Å². The minimum Gasteiger partial charge on any atom is -0.395 e. The molecule has 1 aliphatic rings. The van der Waals surface area contributed by atoms with Crippen molar-refractivity contribution in [3.05, 3.63) is 11.7 Å². The summed E-state index contributed by atoms with van der Waals surface area (Å²) in [6, 6.07) is 0.260. The first-order valence-corrected chi connectivity index (χ1v) is 6.35. The lowest BCUT2D eigenvalue weighted by molar-refractivity contribution is 0.141. The highest BCUT2D eigenvalue weighted by atomic mass is 16.5. The standard InChI is InChI=1S/C12H21N3O2/c1-9(2)6-11-13-12(17-14-11)7-15-5-3-4-10(15)8-16/h9-10,16H,3-8H2,1-2H3/t10-/m0/s1. The van der Waals surface area contributed by atoms with Crippen molar-refractivity contribution in [3.63, 3.8) is 0 Å². The van der Waals surface area contributed by atoms with Crippen LogP contribution in [0, 0.1) is 5.92 Å². The van der Waals surface area contributed by atoms with Crippen molar-refractivity contribution >= 4 is 0 Å². The smallest absolute Gasteiger partial charge is 0.240 e. The summed E-state index contributed by atoms with van der Waals surface area (Å²) in [4.78, 5) is 6.60. The molecular weight excluding hydrogens is 218 g/mol. The van der Waals surface area contributed by atoms with E-state index in [1.54, 1.807) is 0 Å². The van der Waals surface area contributed by atoms with Crippen LogP contribution in [0.15, 0.2) is 4.52 Å². The second-order valence-electron chi connectivity index (χ2n) is 5.15. The number of nitrogens with zero attached hydrogens (tertiary/aromatic N) is 3. The summed E-state index contributed by atoms with van der Waals surface area (Å²) in [5.41, 5.74) is 0. The normalized spacial score (nSPS) is 21.5. The van der Waals surface area contributed by atoms with E-state index < -0.39 is 0 Å². The number of hydrogen-bond donors (Lipinski definition) is 1. The second kappa shape index (κ2) is 5.60. The molecule has 0 aliphatic carbocycles. The van der Waals surface area contributed by atoms with Gasteiger partial charge in [0.2, 0.25) is 5.89 Å². The van der Waals surface area contributed by atoms with Gasteiger partial charge < -0.3 is 9.63 Å². The van der Waals surface area contributed by atoms with Crippen LogP contribution in [0.3, 0.4) is 0 Å². The molecule has 5 heteroatoms. The minimum atomic E-state index is 0.215. The number of hydrogen-bond acceptors (Lipinski definition) is 5. The number of aliphatic hydroxyl groups is 1. The molecule has 1 atom stereocenters. The van der Waals surface area contributed by atoms with Crippen molar-refractivity contribution in [1.29, 1.82) is 0 Å². The van der Waals surface area contributed by atoms with E-state index in [0.29, 0.717) is 18.4 Å². The van der Waals surface area contributed by atoms with E-state index >= 15 is 0 Å². The van der Waals surface area contributed by atoms with E-state index in [1.165, 1.54) is 0 Å². The summed E-state index contributed by atoms with van der Waals surface area (Å²) in [7, 11) is 0. The zero-order chi connectivity index (χ0) is 12.3. The van der Waals surface area contributed by atoms with Gasteiger partial charge in [-0.2, -0.15) is 4.98 Å². The molecule has 0 radical (unpaired) electrons. The molecule has 0 spiro atoms. The molecule has 1 aliphatic heterocycles. The maximum absolute atomic E-state index is 9.23. The summed E-state index contributed by atoms with van der Waals surface area (Å²) in [5, 5.41) is 13.2. The predicted molar refractivity (Wildman–Crippen MR) is 63.4 cm³/mol. The Kier molecular flexibility index (Phi) is 4.12. The van der Waals surface area contributed by atoms with Crippen LogP contribution in [0.25, 0.3) is 0 Å². The van der Waals surface area contributed by atoms with Crippen LogP contribution in [0.5, 0.6) is 0 Å². The molecule has 0 saturated carbocycles. The first-order chi connectivity index (χ1) is 8.19. The fourth-order valence-electron chi connectivity index (χ4n) is 2.29. The third-order valence-electron chi connectivity index (χ3n) is 3.15. The fourth-order valence-corrected chi connectivity index (χ4v) is 2.29. The van der Waals surface area contributed by atoms with Crippen molar-refractivity contribution < 1.29 is 9.63 Å². The summed E-state index contributed by atoms with van der Waals surface area (Å²) >= 11 is 0. The molecule has 96 valence electrons. The quantitative estimate of drug-likeness (QED) is 0.837. The molecule has 2 rings (SSSR count). The zero-order valence-corrected chi connectivity index (χ0v) is 10.6. The van der Waals surface area contributed by atoms with Gasteiger partial charge in [0, 0.05) is 12.5 Å². The van der Waals surface area contributed by atoms with Crippen LogP contribution in [-0.2, 0) is 13.0 Å². The number of rotatable bonds is 5. The molecule has 0 amide bonds.